The summed E-state index contributed by atoms with van der Waals surface area (Å²) in [6.45, 7) is 2.09. The number of aliphatic hydroxyl groups is 1. The Morgan fingerprint density at radius 3 is 2.87 bits per heavy atom. The van der Waals surface area contributed by atoms with E-state index in [1.54, 1.807) is 0 Å². The maximum Gasteiger partial charge on any atom is 0.0956 e. The zero-order chi connectivity index (χ0) is 15.4. The van der Waals surface area contributed by atoms with Crippen molar-refractivity contribution in [1.29, 1.82) is 0 Å². The zero-order valence-electron chi connectivity index (χ0n) is 13.3. The Balaban J connectivity index is 1.56. The van der Waals surface area contributed by atoms with Gasteiger partial charge in [0.2, 0.25) is 0 Å². The second kappa shape index (κ2) is 4.92. The van der Waals surface area contributed by atoms with Crippen molar-refractivity contribution < 1.29 is 5.11 Å². The lowest BCUT2D eigenvalue weighted by Crippen LogP contribution is -2.44. The van der Waals surface area contributed by atoms with Gasteiger partial charge in [-0.05, 0) is 49.8 Å². The highest BCUT2D eigenvalue weighted by molar-refractivity contribution is 5.69. The summed E-state index contributed by atoms with van der Waals surface area (Å²) in [5.74, 6) is 0.296. The molecule has 3 unspecified atom stereocenters. The highest BCUT2D eigenvalue weighted by Gasteiger charge is 2.52. The van der Waals surface area contributed by atoms with Crippen LogP contribution in [-0.2, 0) is 0 Å². The van der Waals surface area contributed by atoms with E-state index < -0.39 is 0 Å². The van der Waals surface area contributed by atoms with Gasteiger partial charge in [0.25, 0.3) is 0 Å². The van der Waals surface area contributed by atoms with E-state index in [2.05, 4.69) is 39.1 Å². The second-order valence-corrected chi connectivity index (χ2v) is 7.48. The topological polar surface area (TPSA) is 50.1 Å². The van der Waals surface area contributed by atoms with Gasteiger partial charge in [0.15, 0.2) is 0 Å². The van der Waals surface area contributed by atoms with Gasteiger partial charge in [-0.2, -0.15) is 0 Å². The maximum absolute atomic E-state index is 11.3. The second-order valence-electron chi connectivity index (χ2n) is 7.48. The molecule has 2 aromatic rings. The van der Waals surface area contributed by atoms with Gasteiger partial charge in [-0.3, -0.25) is 0 Å². The first-order valence-electron chi connectivity index (χ1n) is 8.80. The van der Waals surface area contributed by atoms with E-state index in [-0.39, 0.29) is 17.6 Å². The number of nitrogens with one attached hydrogen (secondary N) is 1. The number of piperidine rings is 1. The maximum atomic E-state index is 11.3. The number of imidazole rings is 1. The van der Waals surface area contributed by atoms with Crippen molar-refractivity contribution in [3.05, 3.63) is 42.4 Å². The molecule has 3 atom stereocenters. The fourth-order valence-corrected chi connectivity index (χ4v) is 5.32. The summed E-state index contributed by atoms with van der Waals surface area (Å²) in [5.41, 5.74) is 3.98. The van der Waals surface area contributed by atoms with Gasteiger partial charge >= 0.3 is 0 Å². The van der Waals surface area contributed by atoms with Crippen molar-refractivity contribution in [3.8, 4) is 11.3 Å². The molecule has 1 aliphatic carbocycles. The molecule has 1 spiro atoms. The molecule has 4 heteroatoms. The molecular formula is C19H23N3O. The molecule has 1 saturated heterocycles. The molecule has 2 aliphatic heterocycles. The number of aliphatic hydroxyl groups excluding tert-OH is 1. The minimum absolute atomic E-state index is 0.133. The molecule has 3 heterocycles. The Kier molecular flexibility index (Phi) is 2.94. The normalized spacial score (nSPS) is 31.3. The van der Waals surface area contributed by atoms with Crippen LogP contribution in [0.2, 0.25) is 0 Å². The molecule has 23 heavy (non-hydrogen) atoms. The van der Waals surface area contributed by atoms with E-state index in [0.717, 1.165) is 38.8 Å². The van der Waals surface area contributed by atoms with E-state index >= 15 is 0 Å². The van der Waals surface area contributed by atoms with Crippen LogP contribution in [0.15, 0.2) is 36.8 Å². The van der Waals surface area contributed by atoms with Gasteiger partial charge in [-0.25, -0.2) is 4.98 Å². The van der Waals surface area contributed by atoms with Crippen LogP contribution in [-0.4, -0.2) is 33.9 Å². The Morgan fingerprint density at radius 2 is 2.00 bits per heavy atom. The highest BCUT2D eigenvalue weighted by atomic mass is 16.3. The molecule has 5 rings (SSSR count). The minimum Gasteiger partial charge on any atom is -0.392 e. The molecule has 0 amide bonds. The average Bonchev–Trinajstić information content (AvgIpc) is 3.25. The summed E-state index contributed by atoms with van der Waals surface area (Å²) >= 11 is 0. The summed E-state index contributed by atoms with van der Waals surface area (Å²) in [6.07, 6.45) is 8.17. The summed E-state index contributed by atoms with van der Waals surface area (Å²) in [4.78, 5) is 4.36. The predicted molar refractivity (Wildman–Crippen MR) is 89.1 cm³/mol. The molecule has 0 bridgehead atoms. The van der Waals surface area contributed by atoms with Crippen molar-refractivity contribution in [2.45, 2.75) is 37.8 Å². The minimum atomic E-state index is -0.212. The van der Waals surface area contributed by atoms with Crippen molar-refractivity contribution in [2.24, 2.45) is 11.3 Å². The van der Waals surface area contributed by atoms with Gasteiger partial charge in [0.05, 0.1) is 30.4 Å². The van der Waals surface area contributed by atoms with Gasteiger partial charge in [-0.1, -0.05) is 24.3 Å². The van der Waals surface area contributed by atoms with E-state index in [1.165, 1.54) is 16.8 Å². The van der Waals surface area contributed by atoms with Gasteiger partial charge < -0.3 is 15.0 Å². The lowest BCUT2D eigenvalue weighted by atomic mass is 9.74. The monoisotopic (exact) mass is 309 g/mol. The molecule has 2 N–H and O–H groups in total. The number of benzene rings is 1. The summed E-state index contributed by atoms with van der Waals surface area (Å²) in [5, 5.41) is 14.7. The van der Waals surface area contributed by atoms with Crippen molar-refractivity contribution in [2.75, 3.05) is 13.1 Å². The van der Waals surface area contributed by atoms with Crippen LogP contribution in [0.4, 0.5) is 0 Å². The molecule has 0 radical (unpaired) electrons. The first-order valence-corrected chi connectivity index (χ1v) is 8.80. The lowest BCUT2D eigenvalue weighted by Gasteiger charge is -2.39. The number of hydrogen-bond donors (Lipinski definition) is 2. The van der Waals surface area contributed by atoms with Crippen LogP contribution in [0, 0.1) is 11.3 Å². The number of rotatable bonds is 1. The molecule has 1 aromatic heterocycles. The fourth-order valence-electron chi connectivity index (χ4n) is 5.32. The van der Waals surface area contributed by atoms with E-state index in [0.29, 0.717) is 5.92 Å². The van der Waals surface area contributed by atoms with Gasteiger partial charge in [0.1, 0.15) is 0 Å². The molecule has 120 valence electrons. The van der Waals surface area contributed by atoms with Crippen LogP contribution in [0.3, 0.4) is 0 Å². The van der Waals surface area contributed by atoms with E-state index in [9.17, 15) is 5.11 Å². The van der Waals surface area contributed by atoms with Crippen molar-refractivity contribution in [1.82, 2.24) is 14.9 Å². The predicted octanol–water partition coefficient (Wildman–Crippen LogP) is 2.59. The Morgan fingerprint density at radius 1 is 1.17 bits per heavy atom. The van der Waals surface area contributed by atoms with E-state index in [1.807, 2.05) is 12.5 Å². The molecule has 2 fully saturated rings. The van der Waals surface area contributed by atoms with Crippen LogP contribution in [0.5, 0.6) is 0 Å². The van der Waals surface area contributed by atoms with Crippen LogP contribution < -0.4 is 5.32 Å². The zero-order valence-corrected chi connectivity index (χ0v) is 13.3. The number of hydrogen-bond acceptors (Lipinski definition) is 3. The van der Waals surface area contributed by atoms with Crippen molar-refractivity contribution >= 4 is 0 Å². The SMILES string of the molecule is OC1C(C2c3ccccc3-c3cncn32)CCC12CCNCC2. The number of fused-ring (bicyclic) bond motifs is 3. The van der Waals surface area contributed by atoms with Crippen LogP contribution >= 0.6 is 0 Å². The van der Waals surface area contributed by atoms with Crippen molar-refractivity contribution in [3.63, 3.8) is 0 Å². The molecule has 1 aromatic carbocycles. The molecular weight excluding hydrogens is 286 g/mol. The summed E-state index contributed by atoms with van der Waals surface area (Å²) < 4.78 is 2.29. The largest absolute Gasteiger partial charge is 0.392 e. The Labute approximate surface area is 136 Å². The van der Waals surface area contributed by atoms with Gasteiger partial charge in [-0.15, -0.1) is 0 Å². The number of aromatic nitrogens is 2. The molecule has 4 nitrogen and oxygen atoms in total. The van der Waals surface area contributed by atoms with Gasteiger partial charge in [0, 0.05) is 11.5 Å². The average molecular weight is 309 g/mol. The highest BCUT2D eigenvalue weighted by Crippen LogP contribution is 2.55. The fraction of sp³-hybridized carbons (Fsp3) is 0.526. The smallest absolute Gasteiger partial charge is 0.0956 e. The third-order valence-electron chi connectivity index (χ3n) is 6.53. The molecule has 3 aliphatic rings. The summed E-state index contributed by atoms with van der Waals surface area (Å²) in [7, 11) is 0. The third-order valence-corrected chi connectivity index (χ3v) is 6.53. The summed E-state index contributed by atoms with van der Waals surface area (Å²) in [6, 6.07) is 8.87. The first kappa shape index (κ1) is 13.8. The lowest BCUT2D eigenvalue weighted by molar-refractivity contribution is -0.00458. The standard InChI is InChI=1S/C19H23N3O/c23-18-15(5-6-19(18)7-9-20-10-8-19)17-14-4-2-1-3-13(14)16-11-21-12-22(16)17/h1-4,11-12,15,17-18,20,23H,5-10H2. The Hall–Kier alpha value is -1.65. The third kappa shape index (κ3) is 1.82. The van der Waals surface area contributed by atoms with E-state index in [4.69, 9.17) is 0 Å². The number of nitrogens with zero attached hydrogens (tertiary/aromatic N) is 2. The van der Waals surface area contributed by atoms with Crippen LogP contribution in [0.1, 0.15) is 37.3 Å². The first-order chi connectivity index (χ1) is 11.3. The molecule has 1 saturated carbocycles. The van der Waals surface area contributed by atoms with Crippen LogP contribution in [0.25, 0.3) is 11.3 Å². The Bertz CT molecular complexity index is 732. The quantitative estimate of drug-likeness (QED) is 0.851.